The molecule has 5 nitrogen and oxygen atoms in total. The highest BCUT2D eigenvalue weighted by Gasteiger charge is 2.14. The number of hydrogen-bond acceptors (Lipinski definition) is 5. The van der Waals surface area contributed by atoms with Crippen LogP contribution in [0.5, 0.6) is 0 Å². The Balaban J connectivity index is 3.61. The normalized spacial score (nSPS) is 15.2. The summed E-state index contributed by atoms with van der Waals surface area (Å²) in [7, 11) is 3.31. The van der Waals surface area contributed by atoms with E-state index in [0.29, 0.717) is 38.9 Å². The zero-order valence-corrected chi connectivity index (χ0v) is 11.4. The van der Waals surface area contributed by atoms with E-state index in [1.807, 2.05) is 0 Å². The van der Waals surface area contributed by atoms with Crippen molar-refractivity contribution in [1.29, 1.82) is 0 Å². The van der Waals surface area contributed by atoms with Gasteiger partial charge in [0.1, 0.15) is 0 Å². The summed E-state index contributed by atoms with van der Waals surface area (Å²) < 4.78 is 15.2. The van der Waals surface area contributed by atoms with E-state index in [1.54, 1.807) is 14.2 Å². The van der Waals surface area contributed by atoms with Crippen molar-refractivity contribution in [2.45, 2.75) is 26.0 Å². The molecule has 5 heteroatoms. The molecule has 0 rings (SSSR count). The Bertz CT molecular complexity index is 167. The highest BCUT2D eigenvalue weighted by atomic mass is 16.5. The topological polar surface area (TPSA) is 60.0 Å². The van der Waals surface area contributed by atoms with Crippen LogP contribution in [0.3, 0.4) is 0 Å². The Hall–Kier alpha value is -0.200. The molecule has 0 heterocycles. The summed E-state index contributed by atoms with van der Waals surface area (Å²) in [6, 6.07) is 0.258. The van der Waals surface area contributed by atoms with Crippen molar-refractivity contribution in [2.75, 3.05) is 47.2 Å². The minimum Gasteiger partial charge on any atom is -0.389 e. The van der Waals surface area contributed by atoms with Gasteiger partial charge in [0, 0.05) is 26.8 Å². The molecule has 0 aliphatic carbocycles. The first-order chi connectivity index (χ1) is 8.11. The molecule has 0 fully saturated rings. The van der Waals surface area contributed by atoms with Gasteiger partial charge in [-0.25, -0.2) is 0 Å². The van der Waals surface area contributed by atoms with E-state index in [0.717, 1.165) is 0 Å². The monoisotopic (exact) mass is 249 g/mol. The fourth-order valence-corrected chi connectivity index (χ4v) is 1.37. The second-order valence-electron chi connectivity index (χ2n) is 4.44. The highest BCUT2D eigenvalue weighted by molar-refractivity contribution is 4.72. The molecule has 0 aromatic heterocycles. The van der Waals surface area contributed by atoms with Crippen LogP contribution in [0.25, 0.3) is 0 Å². The van der Waals surface area contributed by atoms with Crippen molar-refractivity contribution < 1.29 is 19.3 Å². The van der Waals surface area contributed by atoms with Crippen LogP contribution in [0.2, 0.25) is 0 Å². The third-order valence-corrected chi connectivity index (χ3v) is 2.51. The first-order valence-electron chi connectivity index (χ1n) is 6.08. The Kier molecular flexibility index (Phi) is 10.8. The van der Waals surface area contributed by atoms with Gasteiger partial charge in [0.2, 0.25) is 0 Å². The number of nitrogens with one attached hydrogen (secondary N) is 1. The summed E-state index contributed by atoms with van der Waals surface area (Å²) in [5.74, 6) is 0.469. The summed E-state index contributed by atoms with van der Waals surface area (Å²) in [5, 5.41) is 13.0. The zero-order valence-electron chi connectivity index (χ0n) is 11.4. The van der Waals surface area contributed by atoms with E-state index < -0.39 is 6.10 Å². The first kappa shape index (κ1) is 16.8. The van der Waals surface area contributed by atoms with E-state index in [2.05, 4.69) is 19.2 Å². The molecule has 0 bridgehead atoms. The summed E-state index contributed by atoms with van der Waals surface area (Å²) >= 11 is 0. The van der Waals surface area contributed by atoms with Gasteiger partial charge in [0.25, 0.3) is 0 Å². The smallest absolute Gasteiger partial charge is 0.0897 e. The van der Waals surface area contributed by atoms with Gasteiger partial charge in [0.15, 0.2) is 0 Å². The fourth-order valence-electron chi connectivity index (χ4n) is 1.37. The van der Waals surface area contributed by atoms with Gasteiger partial charge in [-0.1, -0.05) is 13.8 Å². The SMILES string of the molecule is COCCOCC(O)CNC(COC)C(C)C. The summed E-state index contributed by atoms with van der Waals surface area (Å²) in [4.78, 5) is 0. The summed E-state index contributed by atoms with van der Waals surface area (Å²) in [6.45, 7) is 6.80. The highest BCUT2D eigenvalue weighted by Crippen LogP contribution is 2.01. The van der Waals surface area contributed by atoms with Gasteiger partial charge < -0.3 is 24.6 Å². The molecule has 0 aromatic rings. The van der Waals surface area contributed by atoms with Crippen molar-refractivity contribution in [3.05, 3.63) is 0 Å². The van der Waals surface area contributed by atoms with Crippen molar-refractivity contribution in [1.82, 2.24) is 5.32 Å². The molecular formula is C12H27NO4. The number of hydrogen-bond donors (Lipinski definition) is 2. The standard InChI is InChI=1S/C12H27NO4/c1-10(2)12(9-16-4)13-7-11(14)8-17-6-5-15-3/h10-14H,5-9H2,1-4H3. The van der Waals surface area contributed by atoms with Crippen LogP contribution in [0.4, 0.5) is 0 Å². The van der Waals surface area contributed by atoms with Gasteiger partial charge in [0.05, 0.1) is 32.5 Å². The van der Waals surface area contributed by atoms with E-state index >= 15 is 0 Å². The average Bonchev–Trinajstić information content (AvgIpc) is 2.29. The molecule has 0 amide bonds. The molecule has 17 heavy (non-hydrogen) atoms. The molecule has 0 aliphatic rings. The van der Waals surface area contributed by atoms with Crippen LogP contribution < -0.4 is 5.32 Å². The lowest BCUT2D eigenvalue weighted by Crippen LogP contribution is -2.42. The molecule has 2 N–H and O–H groups in total. The maximum atomic E-state index is 9.68. The van der Waals surface area contributed by atoms with Crippen LogP contribution in [-0.4, -0.2) is 64.4 Å². The predicted octanol–water partition coefficient (Wildman–Crippen LogP) is 0.271. The van der Waals surface area contributed by atoms with Crippen LogP contribution in [-0.2, 0) is 14.2 Å². The third-order valence-electron chi connectivity index (χ3n) is 2.51. The number of ether oxygens (including phenoxy) is 3. The van der Waals surface area contributed by atoms with Crippen LogP contribution in [0.15, 0.2) is 0 Å². The van der Waals surface area contributed by atoms with Gasteiger partial charge in [-0.05, 0) is 5.92 Å². The first-order valence-corrected chi connectivity index (χ1v) is 6.08. The Morgan fingerprint density at radius 2 is 1.76 bits per heavy atom. The minimum absolute atomic E-state index is 0.258. The zero-order chi connectivity index (χ0) is 13.1. The summed E-state index contributed by atoms with van der Waals surface area (Å²) in [6.07, 6.45) is -0.495. The van der Waals surface area contributed by atoms with Crippen LogP contribution >= 0.6 is 0 Å². The fraction of sp³-hybridized carbons (Fsp3) is 1.00. The Morgan fingerprint density at radius 3 is 2.29 bits per heavy atom. The molecule has 0 saturated carbocycles. The van der Waals surface area contributed by atoms with Crippen LogP contribution in [0, 0.1) is 5.92 Å². The summed E-state index contributed by atoms with van der Waals surface area (Å²) in [5.41, 5.74) is 0. The van der Waals surface area contributed by atoms with Crippen molar-refractivity contribution in [3.63, 3.8) is 0 Å². The van der Waals surface area contributed by atoms with Crippen LogP contribution in [0.1, 0.15) is 13.8 Å². The number of aliphatic hydroxyl groups excluding tert-OH is 1. The quantitative estimate of drug-likeness (QED) is 0.515. The van der Waals surface area contributed by atoms with Gasteiger partial charge in [-0.15, -0.1) is 0 Å². The van der Waals surface area contributed by atoms with Gasteiger partial charge in [-0.3, -0.25) is 0 Å². The maximum Gasteiger partial charge on any atom is 0.0897 e. The van der Waals surface area contributed by atoms with E-state index in [-0.39, 0.29) is 6.04 Å². The van der Waals surface area contributed by atoms with E-state index in [1.165, 1.54) is 0 Å². The lowest BCUT2D eigenvalue weighted by molar-refractivity contribution is 0.0109. The lowest BCUT2D eigenvalue weighted by atomic mass is 10.1. The molecule has 0 spiro atoms. The Morgan fingerprint density at radius 1 is 1.06 bits per heavy atom. The van der Waals surface area contributed by atoms with Gasteiger partial charge >= 0.3 is 0 Å². The molecule has 2 unspecified atom stereocenters. The molecule has 0 aliphatic heterocycles. The molecular weight excluding hydrogens is 222 g/mol. The second-order valence-corrected chi connectivity index (χ2v) is 4.44. The second kappa shape index (κ2) is 10.9. The van der Waals surface area contributed by atoms with Crippen molar-refractivity contribution in [3.8, 4) is 0 Å². The third kappa shape index (κ3) is 9.50. The largest absolute Gasteiger partial charge is 0.389 e. The van der Waals surface area contributed by atoms with Crippen molar-refractivity contribution in [2.24, 2.45) is 5.92 Å². The lowest BCUT2D eigenvalue weighted by Gasteiger charge is -2.23. The Labute approximate surface area is 104 Å². The molecule has 0 saturated heterocycles. The molecule has 104 valence electrons. The number of rotatable bonds is 11. The maximum absolute atomic E-state index is 9.68. The molecule has 2 atom stereocenters. The van der Waals surface area contributed by atoms with E-state index in [9.17, 15) is 5.11 Å². The number of methoxy groups -OCH3 is 2. The molecule has 0 radical (unpaired) electrons. The average molecular weight is 249 g/mol. The van der Waals surface area contributed by atoms with E-state index in [4.69, 9.17) is 14.2 Å². The van der Waals surface area contributed by atoms with Crippen molar-refractivity contribution >= 4 is 0 Å². The van der Waals surface area contributed by atoms with Gasteiger partial charge in [-0.2, -0.15) is 0 Å². The predicted molar refractivity (Wildman–Crippen MR) is 67.2 cm³/mol. The molecule has 0 aromatic carbocycles. The number of aliphatic hydroxyl groups is 1. The minimum atomic E-state index is -0.495.